The van der Waals surface area contributed by atoms with E-state index >= 15 is 0 Å². The van der Waals surface area contributed by atoms with Gasteiger partial charge < -0.3 is 19.7 Å². The summed E-state index contributed by atoms with van der Waals surface area (Å²) in [6.07, 6.45) is 3.90. The molecular formula is C13H10O5. The van der Waals surface area contributed by atoms with Crippen LogP contribution in [0.25, 0.3) is 6.08 Å². The summed E-state index contributed by atoms with van der Waals surface area (Å²) < 4.78 is 4.90. The Labute approximate surface area is 102 Å². The van der Waals surface area contributed by atoms with Crippen LogP contribution in [0.3, 0.4) is 0 Å². The number of hydrogen-bond acceptors (Lipinski definition) is 5. The van der Waals surface area contributed by atoms with Crippen molar-refractivity contribution in [1.82, 2.24) is 0 Å². The molecule has 0 bridgehead atoms. The van der Waals surface area contributed by atoms with Crippen molar-refractivity contribution in [3.63, 3.8) is 0 Å². The van der Waals surface area contributed by atoms with Crippen molar-refractivity contribution in [1.29, 1.82) is 0 Å². The van der Waals surface area contributed by atoms with Crippen molar-refractivity contribution in [2.45, 2.75) is 0 Å². The van der Waals surface area contributed by atoms with Gasteiger partial charge in [0, 0.05) is 5.56 Å². The van der Waals surface area contributed by atoms with E-state index in [0.29, 0.717) is 0 Å². The van der Waals surface area contributed by atoms with Crippen LogP contribution < -0.4 is 0 Å². The molecule has 18 heavy (non-hydrogen) atoms. The van der Waals surface area contributed by atoms with Gasteiger partial charge in [-0.05, 0) is 36.4 Å². The zero-order chi connectivity index (χ0) is 13.1. The molecule has 0 aliphatic heterocycles. The Hall–Kier alpha value is -2.69. The van der Waals surface area contributed by atoms with Crippen LogP contribution in [-0.2, 0) is 0 Å². The first-order valence-electron chi connectivity index (χ1n) is 5.09. The molecular weight excluding hydrogens is 236 g/mol. The van der Waals surface area contributed by atoms with Crippen LogP contribution >= 0.6 is 0 Å². The molecule has 0 amide bonds. The second-order valence-corrected chi connectivity index (χ2v) is 3.55. The standard InChI is InChI=1S/C13H10O5/c14-9(11-2-1-7-18-11)5-3-8-4-6-10(15)13(17)12(8)16/h1-7,15-17H/b5-3+. The molecule has 0 aliphatic rings. The lowest BCUT2D eigenvalue weighted by Gasteiger charge is -2.03. The lowest BCUT2D eigenvalue weighted by molar-refractivity contribution is 0.102. The fourth-order valence-electron chi connectivity index (χ4n) is 1.39. The second-order valence-electron chi connectivity index (χ2n) is 3.55. The van der Waals surface area contributed by atoms with Crippen LogP contribution in [0.2, 0.25) is 0 Å². The van der Waals surface area contributed by atoms with Crippen molar-refractivity contribution in [3.05, 3.63) is 47.9 Å². The molecule has 0 aliphatic carbocycles. The summed E-state index contributed by atoms with van der Waals surface area (Å²) in [7, 11) is 0. The predicted octanol–water partition coefficient (Wildman–Crippen LogP) is 2.29. The molecule has 1 aromatic heterocycles. The Morgan fingerprint density at radius 3 is 2.56 bits per heavy atom. The topological polar surface area (TPSA) is 90.9 Å². The van der Waals surface area contributed by atoms with Gasteiger partial charge in [0.2, 0.25) is 11.5 Å². The fraction of sp³-hybridized carbons (Fsp3) is 0. The van der Waals surface area contributed by atoms with Gasteiger partial charge in [0.15, 0.2) is 17.3 Å². The Morgan fingerprint density at radius 1 is 1.11 bits per heavy atom. The number of aromatic hydroxyl groups is 3. The van der Waals surface area contributed by atoms with E-state index in [1.165, 1.54) is 36.6 Å². The number of allylic oxidation sites excluding steroid dienone is 1. The third kappa shape index (κ3) is 2.20. The van der Waals surface area contributed by atoms with Gasteiger partial charge in [-0.15, -0.1) is 0 Å². The van der Waals surface area contributed by atoms with Gasteiger partial charge >= 0.3 is 0 Å². The first-order valence-corrected chi connectivity index (χ1v) is 5.09. The monoisotopic (exact) mass is 246 g/mol. The Kier molecular flexibility index (Phi) is 3.05. The van der Waals surface area contributed by atoms with Gasteiger partial charge in [0.05, 0.1) is 6.26 Å². The van der Waals surface area contributed by atoms with Gasteiger partial charge in [0.25, 0.3) is 0 Å². The van der Waals surface area contributed by atoms with Crippen LogP contribution in [-0.4, -0.2) is 21.1 Å². The van der Waals surface area contributed by atoms with E-state index in [1.54, 1.807) is 6.07 Å². The van der Waals surface area contributed by atoms with E-state index in [4.69, 9.17) is 9.52 Å². The summed E-state index contributed by atoms with van der Waals surface area (Å²) in [4.78, 5) is 11.6. The molecule has 0 fully saturated rings. The number of ketones is 1. The third-order valence-electron chi connectivity index (χ3n) is 2.34. The molecule has 0 radical (unpaired) electrons. The molecule has 5 heteroatoms. The average molecular weight is 246 g/mol. The highest BCUT2D eigenvalue weighted by Gasteiger charge is 2.10. The van der Waals surface area contributed by atoms with Crippen LogP contribution in [0.4, 0.5) is 0 Å². The molecule has 0 atom stereocenters. The minimum absolute atomic E-state index is 0.175. The van der Waals surface area contributed by atoms with Crippen molar-refractivity contribution in [2.24, 2.45) is 0 Å². The summed E-state index contributed by atoms with van der Waals surface area (Å²) in [6.45, 7) is 0. The van der Waals surface area contributed by atoms with E-state index in [-0.39, 0.29) is 17.1 Å². The molecule has 0 unspecified atom stereocenters. The van der Waals surface area contributed by atoms with E-state index in [1.807, 2.05) is 0 Å². The number of rotatable bonds is 3. The van der Waals surface area contributed by atoms with Gasteiger partial charge in [0.1, 0.15) is 0 Å². The zero-order valence-corrected chi connectivity index (χ0v) is 9.20. The molecule has 0 spiro atoms. The quantitative estimate of drug-likeness (QED) is 0.439. The molecule has 92 valence electrons. The zero-order valence-electron chi connectivity index (χ0n) is 9.20. The summed E-state index contributed by atoms with van der Waals surface area (Å²) in [5.74, 6) is -1.73. The largest absolute Gasteiger partial charge is 0.504 e. The fourth-order valence-corrected chi connectivity index (χ4v) is 1.39. The number of furan rings is 1. The minimum Gasteiger partial charge on any atom is -0.504 e. The lowest BCUT2D eigenvalue weighted by Crippen LogP contribution is -1.90. The summed E-state index contributed by atoms with van der Waals surface area (Å²) in [6, 6.07) is 5.69. The maximum atomic E-state index is 11.6. The smallest absolute Gasteiger partial charge is 0.221 e. The predicted molar refractivity (Wildman–Crippen MR) is 63.5 cm³/mol. The number of hydrogen-bond donors (Lipinski definition) is 3. The third-order valence-corrected chi connectivity index (χ3v) is 2.34. The first kappa shape index (κ1) is 11.8. The lowest BCUT2D eigenvalue weighted by atomic mass is 10.1. The molecule has 2 rings (SSSR count). The highest BCUT2D eigenvalue weighted by atomic mass is 16.3. The van der Waals surface area contributed by atoms with Gasteiger partial charge in [-0.3, -0.25) is 4.79 Å². The molecule has 0 saturated carbocycles. The molecule has 1 heterocycles. The van der Waals surface area contributed by atoms with Crippen molar-refractivity contribution >= 4 is 11.9 Å². The van der Waals surface area contributed by atoms with Crippen molar-refractivity contribution < 1.29 is 24.5 Å². The minimum atomic E-state index is -0.623. The van der Waals surface area contributed by atoms with Gasteiger partial charge in [-0.1, -0.05) is 0 Å². The number of carbonyl (C=O) groups excluding carboxylic acids is 1. The molecule has 2 aromatic rings. The highest BCUT2D eigenvalue weighted by molar-refractivity contribution is 6.05. The number of phenols is 3. The van der Waals surface area contributed by atoms with Gasteiger partial charge in [-0.25, -0.2) is 0 Å². The Morgan fingerprint density at radius 2 is 1.89 bits per heavy atom. The molecule has 0 saturated heterocycles. The van der Waals surface area contributed by atoms with Crippen LogP contribution in [0.15, 0.2) is 41.0 Å². The molecule has 1 aromatic carbocycles. The maximum absolute atomic E-state index is 11.6. The van der Waals surface area contributed by atoms with Crippen LogP contribution in [0, 0.1) is 0 Å². The van der Waals surface area contributed by atoms with Crippen LogP contribution in [0.1, 0.15) is 16.1 Å². The Balaban J connectivity index is 2.25. The Bertz CT molecular complexity index is 596. The summed E-state index contributed by atoms with van der Waals surface area (Å²) in [5, 5.41) is 28.0. The summed E-state index contributed by atoms with van der Waals surface area (Å²) >= 11 is 0. The first-order chi connectivity index (χ1) is 8.59. The van der Waals surface area contributed by atoms with E-state index in [2.05, 4.69) is 0 Å². The number of benzene rings is 1. The van der Waals surface area contributed by atoms with E-state index in [0.717, 1.165) is 0 Å². The van der Waals surface area contributed by atoms with E-state index < -0.39 is 17.2 Å². The highest BCUT2D eigenvalue weighted by Crippen LogP contribution is 2.37. The SMILES string of the molecule is O=C(/C=C/c1ccc(O)c(O)c1O)c1ccco1. The van der Waals surface area contributed by atoms with Crippen molar-refractivity contribution in [2.75, 3.05) is 0 Å². The van der Waals surface area contributed by atoms with Crippen molar-refractivity contribution in [3.8, 4) is 17.2 Å². The average Bonchev–Trinajstić information content (AvgIpc) is 2.89. The summed E-state index contributed by atoms with van der Waals surface area (Å²) in [5.41, 5.74) is 0.213. The van der Waals surface area contributed by atoms with E-state index in [9.17, 15) is 15.0 Å². The second kappa shape index (κ2) is 4.67. The number of phenolic OH excluding ortho intramolecular Hbond substituents is 3. The normalized spacial score (nSPS) is 10.9. The van der Waals surface area contributed by atoms with Crippen LogP contribution in [0.5, 0.6) is 17.2 Å². The maximum Gasteiger partial charge on any atom is 0.221 e. The van der Waals surface area contributed by atoms with Gasteiger partial charge in [-0.2, -0.15) is 0 Å². The molecule has 5 nitrogen and oxygen atoms in total. The number of carbonyl (C=O) groups is 1. The molecule has 3 N–H and O–H groups in total.